The second-order valence-corrected chi connectivity index (χ2v) is 8.75. The number of aromatic nitrogens is 5. The van der Waals surface area contributed by atoms with E-state index in [4.69, 9.17) is 5.11 Å². The normalized spacial score (nSPS) is 12.4. The highest BCUT2D eigenvalue weighted by atomic mass is 19.4. The largest absolute Gasteiger partial charge is 0.416 e. The lowest BCUT2D eigenvalue weighted by Crippen LogP contribution is -2.24. The van der Waals surface area contributed by atoms with Gasteiger partial charge in [-0.15, -0.1) is 5.10 Å². The summed E-state index contributed by atoms with van der Waals surface area (Å²) in [4.78, 5) is 13.1. The minimum Gasteiger partial charge on any atom is -0.394 e. The van der Waals surface area contributed by atoms with Gasteiger partial charge in [0.15, 0.2) is 0 Å². The number of halogens is 3. The van der Waals surface area contributed by atoms with Crippen LogP contribution in [0.1, 0.15) is 27.2 Å². The number of alkyl halides is 3. The molecule has 1 amide bonds. The summed E-state index contributed by atoms with van der Waals surface area (Å²) in [5.41, 5.74) is 2.90. The third-order valence-electron chi connectivity index (χ3n) is 6.06. The Morgan fingerprint density at radius 2 is 1.89 bits per heavy atom. The number of hydrogen-bond acceptors (Lipinski definition) is 7. The molecule has 4 aromatic rings. The van der Waals surface area contributed by atoms with Gasteiger partial charge in [0.1, 0.15) is 5.69 Å². The molecule has 4 N–H and O–H groups in total. The molecule has 10 nitrogen and oxygen atoms in total. The fourth-order valence-corrected chi connectivity index (χ4v) is 3.72. The molecule has 2 aromatic heterocycles. The highest BCUT2D eigenvalue weighted by Gasteiger charge is 2.31. The number of anilines is 2. The number of aryl methyl sites for hydroxylation is 2. The molecular formula is C25H26F3N7O3. The topological polar surface area (TPSA) is 130 Å². The van der Waals surface area contributed by atoms with E-state index in [9.17, 15) is 23.1 Å². The Kier molecular flexibility index (Phi) is 7.51. The second-order valence-electron chi connectivity index (χ2n) is 8.75. The Morgan fingerprint density at radius 1 is 1.13 bits per heavy atom. The van der Waals surface area contributed by atoms with Crippen molar-refractivity contribution in [1.29, 1.82) is 0 Å². The van der Waals surface area contributed by atoms with Gasteiger partial charge in [0.05, 0.1) is 47.7 Å². The fourth-order valence-electron chi connectivity index (χ4n) is 3.72. The lowest BCUT2D eigenvalue weighted by atomic mass is 10.1. The Bertz CT molecular complexity index is 1460. The molecule has 0 aliphatic heterocycles. The maximum atomic E-state index is 13.3. The highest BCUT2D eigenvalue weighted by Crippen LogP contribution is 2.34. The summed E-state index contributed by atoms with van der Waals surface area (Å²) >= 11 is 0. The molecule has 1 atom stereocenters. The van der Waals surface area contributed by atoms with Gasteiger partial charge in [-0.1, -0.05) is 11.3 Å². The molecule has 0 spiro atoms. The third-order valence-corrected chi connectivity index (χ3v) is 6.06. The van der Waals surface area contributed by atoms with E-state index in [1.54, 1.807) is 35.3 Å². The zero-order valence-electron chi connectivity index (χ0n) is 20.8. The van der Waals surface area contributed by atoms with Crippen LogP contribution in [0.2, 0.25) is 0 Å². The van der Waals surface area contributed by atoms with E-state index >= 15 is 0 Å². The lowest BCUT2D eigenvalue weighted by molar-refractivity contribution is -0.137. The molecule has 0 unspecified atom stereocenters. The van der Waals surface area contributed by atoms with Crippen LogP contribution in [0.25, 0.3) is 16.9 Å². The summed E-state index contributed by atoms with van der Waals surface area (Å²) in [6.45, 7) is 3.06. The summed E-state index contributed by atoms with van der Waals surface area (Å²) in [7, 11) is 1.82. The van der Waals surface area contributed by atoms with Crippen LogP contribution in [0.5, 0.6) is 0 Å². The maximum Gasteiger partial charge on any atom is 0.416 e. The van der Waals surface area contributed by atoms with Crippen LogP contribution in [-0.2, 0) is 13.2 Å². The molecule has 0 bridgehead atoms. The van der Waals surface area contributed by atoms with Crippen molar-refractivity contribution in [2.24, 2.45) is 7.05 Å². The van der Waals surface area contributed by atoms with Gasteiger partial charge in [0.25, 0.3) is 5.91 Å². The van der Waals surface area contributed by atoms with Crippen LogP contribution in [-0.4, -0.2) is 60.2 Å². The standard InChI is InChI=1S/C25H26F3N7O3/c1-14-4-5-16(8-23(14)35-12-22(32-33-35)19-11-30-34(3)15(19)2)24(38)31-21-9-17(25(26,27)28)6-7-20(21)29-10-18(37)13-36/h4-9,11-12,18,29,36-37H,10,13H2,1-3H3,(H,31,38)/t18-/m1/s1. The Morgan fingerprint density at radius 3 is 2.55 bits per heavy atom. The van der Waals surface area contributed by atoms with Crippen LogP contribution >= 0.6 is 0 Å². The van der Waals surface area contributed by atoms with Crippen LogP contribution in [0.15, 0.2) is 48.8 Å². The van der Waals surface area contributed by atoms with Gasteiger partial charge in [-0.3, -0.25) is 9.48 Å². The average Bonchev–Trinajstić information content (AvgIpc) is 3.49. The summed E-state index contributed by atoms with van der Waals surface area (Å²) in [5.74, 6) is -0.653. The minimum atomic E-state index is -4.63. The van der Waals surface area contributed by atoms with Crippen molar-refractivity contribution in [3.8, 4) is 16.9 Å². The average molecular weight is 530 g/mol. The van der Waals surface area contributed by atoms with Crippen molar-refractivity contribution in [1.82, 2.24) is 24.8 Å². The van der Waals surface area contributed by atoms with Gasteiger partial charge in [-0.25, -0.2) is 4.68 Å². The molecule has 0 radical (unpaired) electrons. The molecule has 13 heteroatoms. The molecule has 38 heavy (non-hydrogen) atoms. The van der Waals surface area contributed by atoms with Crippen LogP contribution in [0.3, 0.4) is 0 Å². The summed E-state index contributed by atoms with van der Waals surface area (Å²) < 4.78 is 43.2. The summed E-state index contributed by atoms with van der Waals surface area (Å²) in [6.07, 6.45) is -2.38. The van der Waals surface area contributed by atoms with Gasteiger partial charge < -0.3 is 20.8 Å². The fraction of sp³-hybridized carbons (Fsp3) is 0.280. The molecule has 0 fully saturated rings. The van der Waals surface area contributed by atoms with E-state index in [2.05, 4.69) is 26.0 Å². The van der Waals surface area contributed by atoms with Gasteiger partial charge in [0.2, 0.25) is 0 Å². The van der Waals surface area contributed by atoms with E-state index in [1.807, 2.05) is 20.9 Å². The first-order valence-electron chi connectivity index (χ1n) is 11.6. The maximum absolute atomic E-state index is 13.3. The lowest BCUT2D eigenvalue weighted by Gasteiger charge is -2.17. The van der Waals surface area contributed by atoms with Gasteiger partial charge in [0, 0.05) is 30.4 Å². The van der Waals surface area contributed by atoms with Gasteiger partial charge >= 0.3 is 6.18 Å². The molecule has 0 aliphatic rings. The van der Waals surface area contributed by atoms with Gasteiger partial charge in [-0.2, -0.15) is 18.3 Å². The van der Waals surface area contributed by atoms with E-state index in [0.717, 1.165) is 35.0 Å². The summed E-state index contributed by atoms with van der Waals surface area (Å²) in [6, 6.07) is 7.63. The molecular weight excluding hydrogens is 503 g/mol. The highest BCUT2D eigenvalue weighted by molar-refractivity contribution is 6.06. The van der Waals surface area contributed by atoms with E-state index in [-0.39, 0.29) is 23.5 Å². The molecule has 0 saturated heterocycles. The smallest absolute Gasteiger partial charge is 0.394 e. The predicted molar refractivity (Wildman–Crippen MR) is 134 cm³/mol. The number of amides is 1. The number of carbonyl (C=O) groups excluding carboxylic acids is 1. The third kappa shape index (κ3) is 5.68. The Labute approximate surface area is 215 Å². The van der Waals surface area contributed by atoms with Crippen LogP contribution in [0.4, 0.5) is 24.5 Å². The first-order valence-corrected chi connectivity index (χ1v) is 11.6. The van der Waals surface area contributed by atoms with Crippen molar-refractivity contribution >= 4 is 17.3 Å². The minimum absolute atomic E-state index is 0.132. The number of benzene rings is 2. The molecule has 200 valence electrons. The predicted octanol–water partition coefficient (Wildman–Crippen LogP) is 3.32. The van der Waals surface area contributed by atoms with E-state index in [0.29, 0.717) is 11.4 Å². The second kappa shape index (κ2) is 10.6. The Hall–Kier alpha value is -4.23. The van der Waals surface area contributed by atoms with Crippen LogP contribution in [0, 0.1) is 13.8 Å². The van der Waals surface area contributed by atoms with E-state index in [1.165, 1.54) is 4.68 Å². The van der Waals surface area contributed by atoms with E-state index < -0.39 is 30.4 Å². The van der Waals surface area contributed by atoms with Crippen LogP contribution < -0.4 is 10.6 Å². The monoisotopic (exact) mass is 529 g/mol. The quantitative estimate of drug-likeness (QED) is 0.276. The number of carbonyl (C=O) groups is 1. The molecule has 4 rings (SSSR count). The van der Waals surface area contributed by atoms with Crippen molar-refractivity contribution in [2.45, 2.75) is 26.1 Å². The molecule has 0 saturated carbocycles. The zero-order chi connectivity index (χ0) is 27.6. The number of aliphatic hydroxyl groups is 2. The zero-order valence-corrected chi connectivity index (χ0v) is 20.8. The van der Waals surface area contributed by atoms with Crippen molar-refractivity contribution < 1.29 is 28.2 Å². The molecule has 2 heterocycles. The SMILES string of the molecule is Cc1ccc(C(=O)Nc2cc(C(F)(F)F)ccc2NC[C@@H](O)CO)cc1-n1cc(-c2cnn(C)c2C)nn1. The van der Waals surface area contributed by atoms with Crippen molar-refractivity contribution in [3.63, 3.8) is 0 Å². The first-order chi connectivity index (χ1) is 18.0. The molecule has 0 aliphatic carbocycles. The summed E-state index contributed by atoms with van der Waals surface area (Å²) in [5, 5.41) is 36.5. The molecule has 2 aromatic carbocycles. The van der Waals surface area contributed by atoms with Gasteiger partial charge in [-0.05, 0) is 49.7 Å². The van der Waals surface area contributed by atoms with Crippen molar-refractivity contribution in [2.75, 3.05) is 23.8 Å². The first kappa shape index (κ1) is 26.8. The number of rotatable bonds is 8. The number of nitrogens with one attached hydrogen (secondary N) is 2. The number of nitrogens with zero attached hydrogens (tertiary/aromatic N) is 5. The van der Waals surface area contributed by atoms with Crippen molar-refractivity contribution in [3.05, 3.63) is 71.2 Å². The number of hydrogen-bond donors (Lipinski definition) is 4. The number of aliphatic hydroxyl groups excluding tert-OH is 2. The Balaban J connectivity index is 1.63.